The Morgan fingerprint density at radius 2 is 1.23 bits per heavy atom. The Bertz CT molecular complexity index is 2330. The van der Waals surface area contributed by atoms with Gasteiger partial charge in [-0.3, -0.25) is 0 Å². The third kappa shape index (κ3) is 5.46. The van der Waals surface area contributed by atoms with Gasteiger partial charge in [0.15, 0.2) is 0 Å². The molecule has 0 N–H and O–H groups in total. The second-order valence-electron chi connectivity index (χ2n) is 12.5. The van der Waals surface area contributed by atoms with Crippen molar-refractivity contribution in [3.05, 3.63) is 181 Å². The Morgan fingerprint density at radius 3 is 1.94 bits per heavy atom. The number of rotatable bonds is 8. The summed E-state index contributed by atoms with van der Waals surface area (Å²) in [7, 11) is 0. The number of para-hydroxylation sites is 3. The highest BCUT2D eigenvalue weighted by molar-refractivity contribution is 6.09. The first-order valence-corrected chi connectivity index (χ1v) is 16.4. The van der Waals surface area contributed by atoms with Gasteiger partial charge in [0.1, 0.15) is 11.2 Å². The number of hydrogen-bond donors (Lipinski definition) is 0. The summed E-state index contributed by atoms with van der Waals surface area (Å²) in [6.07, 6.45) is 1.92. The molecule has 6 aromatic carbocycles. The second kappa shape index (κ2) is 12.7. The normalized spacial score (nSPS) is 11.8. The number of nitrogens with zero attached hydrogens (tertiary/aromatic N) is 1. The lowest BCUT2D eigenvalue weighted by Gasteiger charge is -2.30. The van der Waals surface area contributed by atoms with Crippen LogP contribution < -0.4 is 4.90 Å². The molecule has 7 aromatic rings. The van der Waals surface area contributed by atoms with E-state index in [4.69, 9.17) is 4.42 Å². The number of anilines is 3. The van der Waals surface area contributed by atoms with Crippen molar-refractivity contribution >= 4 is 44.6 Å². The van der Waals surface area contributed by atoms with Crippen LogP contribution >= 0.6 is 0 Å². The number of furan rings is 1. The Kier molecular flexibility index (Phi) is 8.17. The summed E-state index contributed by atoms with van der Waals surface area (Å²) in [5.74, 6) is 0. The molecule has 48 heavy (non-hydrogen) atoms. The summed E-state index contributed by atoms with van der Waals surface area (Å²) in [6.45, 7) is 17.0. The predicted molar refractivity (Wildman–Crippen MR) is 206 cm³/mol. The van der Waals surface area contributed by atoms with Crippen molar-refractivity contribution in [1.29, 1.82) is 0 Å². The minimum absolute atomic E-state index is 0.905. The van der Waals surface area contributed by atoms with Crippen LogP contribution in [0.15, 0.2) is 168 Å². The third-order valence-corrected chi connectivity index (χ3v) is 9.22. The maximum Gasteiger partial charge on any atom is 0.143 e. The van der Waals surface area contributed by atoms with E-state index < -0.39 is 0 Å². The summed E-state index contributed by atoms with van der Waals surface area (Å²) in [6, 6.07) is 47.4. The summed E-state index contributed by atoms with van der Waals surface area (Å²) >= 11 is 0. The molecule has 0 aliphatic rings. The van der Waals surface area contributed by atoms with Crippen LogP contribution in [0.1, 0.15) is 30.5 Å². The summed E-state index contributed by atoms with van der Waals surface area (Å²) in [5, 5.41) is 2.27. The van der Waals surface area contributed by atoms with Crippen molar-refractivity contribution in [3.8, 4) is 22.3 Å². The van der Waals surface area contributed by atoms with Crippen molar-refractivity contribution < 1.29 is 4.42 Å². The molecule has 0 saturated heterocycles. The highest BCUT2D eigenvalue weighted by Gasteiger charge is 2.21. The van der Waals surface area contributed by atoms with Crippen molar-refractivity contribution in [2.75, 3.05) is 4.90 Å². The summed E-state index contributed by atoms with van der Waals surface area (Å²) in [5.41, 5.74) is 16.6. The smallest absolute Gasteiger partial charge is 0.143 e. The van der Waals surface area contributed by atoms with E-state index in [9.17, 15) is 0 Å². The number of hydrogen-bond acceptors (Lipinski definition) is 2. The highest BCUT2D eigenvalue weighted by Crippen LogP contribution is 2.44. The molecule has 0 unspecified atom stereocenters. The average molecular weight is 622 g/mol. The number of aryl methyl sites for hydroxylation is 2. The van der Waals surface area contributed by atoms with Crippen LogP contribution in [-0.4, -0.2) is 0 Å². The predicted octanol–water partition coefficient (Wildman–Crippen LogP) is 13.5. The molecular weight excluding hydrogens is 583 g/mol. The number of benzene rings is 6. The fourth-order valence-electron chi connectivity index (χ4n) is 7.04. The van der Waals surface area contributed by atoms with Crippen LogP contribution in [0.3, 0.4) is 0 Å². The topological polar surface area (TPSA) is 16.4 Å². The van der Waals surface area contributed by atoms with Gasteiger partial charge in [-0.1, -0.05) is 122 Å². The van der Waals surface area contributed by atoms with Gasteiger partial charge in [0.25, 0.3) is 0 Å². The van der Waals surface area contributed by atoms with Crippen LogP contribution in [0.4, 0.5) is 17.1 Å². The zero-order valence-corrected chi connectivity index (χ0v) is 28.0. The van der Waals surface area contributed by atoms with Crippen molar-refractivity contribution in [2.45, 2.75) is 27.7 Å². The van der Waals surface area contributed by atoms with E-state index in [1.165, 1.54) is 27.8 Å². The van der Waals surface area contributed by atoms with E-state index in [0.717, 1.165) is 66.8 Å². The van der Waals surface area contributed by atoms with Gasteiger partial charge in [0.2, 0.25) is 0 Å². The molecule has 1 heterocycles. The lowest BCUT2D eigenvalue weighted by Crippen LogP contribution is -2.12. The molecule has 0 bridgehead atoms. The van der Waals surface area contributed by atoms with Crippen LogP contribution in [0.25, 0.3) is 49.8 Å². The highest BCUT2D eigenvalue weighted by atomic mass is 16.3. The summed E-state index contributed by atoms with van der Waals surface area (Å²) < 4.78 is 6.39. The van der Waals surface area contributed by atoms with Crippen LogP contribution in [-0.2, 0) is 0 Å². The molecule has 2 heteroatoms. The molecule has 0 atom stereocenters. The molecule has 0 spiro atoms. The van der Waals surface area contributed by atoms with E-state index >= 15 is 0 Å². The van der Waals surface area contributed by atoms with Gasteiger partial charge in [-0.15, -0.1) is 0 Å². The number of fused-ring (bicyclic) bond motifs is 3. The first kappa shape index (κ1) is 30.8. The van der Waals surface area contributed by atoms with Gasteiger partial charge in [0, 0.05) is 33.3 Å². The van der Waals surface area contributed by atoms with Crippen LogP contribution in [0, 0.1) is 13.8 Å². The Morgan fingerprint density at radius 1 is 0.625 bits per heavy atom. The molecule has 7 rings (SSSR count). The number of allylic oxidation sites excluding steroid dienone is 4. The molecule has 0 radical (unpaired) electrons. The molecule has 0 aliphatic heterocycles. The Hall–Kier alpha value is -5.86. The van der Waals surface area contributed by atoms with Gasteiger partial charge in [-0.05, 0) is 103 Å². The maximum absolute atomic E-state index is 6.39. The molecule has 0 fully saturated rings. The monoisotopic (exact) mass is 621 g/mol. The van der Waals surface area contributed by atoms with Crippen LogP contribution in [0.2, 0.25) is 0 Å². The zero-order chi connectivity index (χ0) is 33.4. The standard InChI is InChI=1S/C46H39NO/c1-7-31(4)44(30(2)3)45-32(5)28-37(29-33(45)6)47(42-22-13-11-18-38(42)34-16-9-8-10-17-34)36-26-24-35(25-27-36)39-20-15-21-41-40-19-12-14-23-43(40)48-46(39)41/h7-29H,1-2H2,3-6H3/b44-31+. The fraction of sp³-hybridized carbons (Fsp3) is 0.0870. The Labute approximate surface area is 283 Å². The molecule has 1 aromatic heterocycles. The Balaban J connectivity index is 1.41. The minimum Gasteiger partial charge on any atom is -0.455 e. The fourth-order valence-corrected chi connectivity index (χ4v) is 7.04. The molecule has 2 nitrogen and oxygen atoms in total. The third-order valence-electron chi connectivity index (χ3n) is 9.22. The van der Waals surface area contributed by atoms with Gasteiger partial charge in [-0.2, -0.15) is 0 Å². The molecule has 0 saturated carbocycles. The van der Waals surface area contributed by atoms with E-state index in [2.05, 4.69) is 167 Å². The average Bonchev–Trinajstić information content (AvgIpc) is 3.49. The van der Waals surface area contributed by atoms with Gasteiger partial charge >= 0.3 is 0 Å². The molecule has 0 aliphatic carbocycles. The van der Waals surface area contributed by atoms with E-state index in [1.807, 2.05) is 18.2 Å². The first-order chi connectivity index (χ1) is 23.4. The lowest BCUT2D eigenvalue weighted by atomic mass is 9.88. The first-order valence-electron chi connectivity index (χ1n) is 16.4. The largest absolute Gasteiger partial charge is 0.455 e. The van der Waals surface area contributed by atoms with E-state index in [1.54, 1.807) is 0 Å². The van der Waals surface area contributed by atoms with E-state index in [-0.39, 0.29) is 0 Å². The molecule has 0 amide bonds. The van der Waals surface area contributed by atoms with Gasteiger partial charge in [-0.25, -0.2) is 0 Å². The lowest BCUT2D eigenvalue weighted by molar-refractivity contribution is 0.670. The van der Waals surface area contributed by atoms with Crippen LogP contribution in [0.5, 0.6) is 0 Å². The van der Waals surface area contributed by atoms with Gasteiger partial charge < -0.3 is 9.32 Å². The minimum atomic E-state index is 0.905. The zero-order valence-electron chi connectivity index (χ0n) is 28.0. The second-order valence-corrected chi connectivity index (χ2v) is 12.5. The van der Waals surface area contributed by atoms with Crippen molar-refractivity contribution in [1.82, 2.24) is 0 Å². The van der Waals surface area contributed by atoms with Crippen molar-refractivity contribution in [2.24, 2.45) is 0 Å². The summed E-state index contributed by atoms with van der Waals surface area (Å²) in [4.78, 5) is 2.38. The molecular formula is C46H39NO. The van der Waals surface area contributed by atoms with Crippen molar-refractivity contribution in [3.63, 3.8) is 0 Å². The molecule has 234 valence electrons. The van der Waals surface area contributed by atoms with E-state index in [0.29, 0.717) is 0 Å². The van der Waals surface area contributed by atoms with Gasteiger partial charge in [0.05, 0.1) is 5.69 Å². The maximum atomic E-state index is 6.39. The SMILES string of the molecule is C=C/C(C)=C(\C(=C)C)c1c(C)cc(N(c2ccc(-c3cccc4c3oc3ccccc34)cc2)c2ccccc2-c2ccccc2)cc1C. The quantitative estimate of drug-likeness (QED) is 0.157.